The average Bonchev–Trinajstić information content (AvgIpc) is 2.84. The summed E-state index contributed by atoms with van der Waals surface area (Å²) >= 11 is 0. The van der Waals surface area contributed by atoms with E-state index in [2.05, 4.69) is 0 Å². The third kappa shape index (κ3) is 1.90. The molecule has 1 aromatic carbocycles. The second-order valence-electron chi connectivity index (χ2n) is 5.93. The lowest BCUT2D eigenvalue weighted by molar-refractivity contribution is -0.138. The summed E-state index contributed by atoms with van der Waals surface area (Å²) in [5, 5.41) is 20.5. The van der Waals surface area contributed by atoms with Crippen LogP contribution in [0.3, 0.4) is 0 Å². The number of hydrogen-bond donors (Lipinski definition) is 2. The Balaban J connectivity index is 2.31. The van der Waals surface area contributed by atoms with Crippen LogP contribution in [0.4, 0.5) is 0 Å². The number of phenols is 2. The van der Waals surface area contributed by atoms with E-state index in [1.165, 1.54) is 6.92 Å². The summed E-state index contributed by atoms with van der Waals surface area (Å²) in [7, 11) is 0. The van der Waals surface area contributed by atoms with Gasteiger partial charge in [0.1, 0.15) is 46.2 Å². The smallest absolute Gasteiger partial charge is 0.177 e. The predicted octanol–water partition coefficient (Wildman–Crippen LogP) is 1.33. The lowest BCUT2D eigenvalue weighted by atomic mass is 9.77. The molecule has 0 bridgehead atoms. The third-order valence-corrected chi connectivity index (χ3v) is 4.36. The highest BCUT2D eigenvalue weighted by molar-refractivity contribution is 6.26. The lowest BCUT2D eigenvalue weighted by Crippen LogP contribution is -2.37. The molecule has 2 unspecified atom stereocenters. The van der Waals surface area contributed by atoms with Gasteiger partial charge in [-0.1, -0.05) is 0 Å². The molecule has 0 aromatic heterocycles. The van der Waals surface area contributed by atoms with Crippen molar-refractivity contribution in [2.45, 2.75) is 26.7 Å². The number of ketones is 4. The van der Waals surface area contributed by atoms with Gasteiger partial charge in [-0.2, -0.15) is 0 Å². The standard InChI is InChI=1S/C17H14O7/c1-5-14(21)11(7(3)19)16(23)13-12-9(24-17(5)13)4-8(20)10(6(2)18)15(12)22/h4,10,12,21,23H,1-3H3. The van der Waals surface area contributed by atoms with Crippen molar-refractivity contribution in [1.29, 1.82) is 0 Å². The van der Waals surface area contributed by atoms with Crippen molar-refractivity contribution in [2.75, 3.05) is 0 Å². The molecular formula is C17H14O7. The molecule has 0 saturated carbocycles. The van der Waals surface area contributed by atoms with Crippen LogP contribution in [0.1, 0.15) is 41.3 Å². The maximum atomic E-state index is 12.6. The van der Waals surface area contributed by atoms with Crippen LogP contribution in [0.15, 0.2) is 11.8 Å². The molecule has 24 heavy (non-hydrogen) atoms. The van der Waals surface area contributed by atoms with Crippen LogP contribution in [0.25, 0.3) is 0 Å². The minimum atomic E-state index is -1.46. The molecule has 0 spiro atoms. The monoisotopic (exact) mass is 330 g/mol. The van der Waals surface area contributed by atoms with Gasteiger partial charge in [0.15, 0.2) is 17.3 Å². The topological polar surface area (TPSA) is 118 Å². The number of ether oxygens (including phenoxy) is 1. The minimum Gasteiger partial charge on any atom is -0.507 e. The Morgan fingerprint density at radius 1 is 1.12 bits per heavy atom. The molecule has 3 rings (SSSR count). The maximum absolute atomic E-state index is 12.6. The highest BCUT2D eigenvalue weighted by atomic mass is 16.5. The summed E-state index contributed by atoms with van der Waals surface area (Å²) in [6.07, 6.45) is 1.06. The highest BCUT2D eigenvalue weighted by Gasteiger charge is 2.49. The second kappa shape index (κ2) is 5.02. The fraction of sp³-hybridized carbons (Fsp3) is 0.294. The Bertz CT molecular complexity index is 876. The molecule has 2 N–H and O–H groups in total. The number of Topliss-reactive ketones (excluding diaryl/α,β-unsaturated/α-hetero) is 3. The van der Waals surface area contributed by atoms with Gasteiger partial charge in [0, 0.05) is 11.6 Å². The Kier molecular flexibility index (Phi) is 3.33. The summed E-state index contributed by atoms with van der Waals surface area (Å²) < 4.78 is 5.48. The van der Waals surface area contributed by atoms with E-state index in [0.717, 1.165) is 19.9 Å². The number of rotatable bonds is 2. The normalized spacial score (nSPS) is 21.7. The van der Waals surface area contributed by atoms with Crippen molar-refractivity contribution in [3.8, 4) is 17.2 Å². The van der Waals surface area contributed by atoms with E-state index in [9.17, 15) is 29.4 Å². The van der Waals surface area contributed by atoms with E-state index in [1.807, 2.05) is 0 Å². The number of benzene rings is 1. The molecule has 1 aliphatic carbocycles. The molecule has 0 saturated heterocycles. The first kappa shape index (κ1) is 15.9. The number of hydrogen-bond acceptors (Lipinski definition) is 7. The predicted molar refractivity (Wildman–Crippen MR) is 80.2 cm³/mol. The number of aromatic hydroxyl groups is 2. The highest BCUT2D eigenvalue weighted by Crippen LogP contribution is 2.54. The molecule has 0 amide bonds. The van der Waals surface area contributed by atoms with E-state index in [1.54, 1.807) is 0 Å². The lowest BCUT2D eigenvalue weighted by Gasteiger charge is -2.21. The second-order valence-corrected chi connectivity index (χ2v) is 5.93. The molecule has 7 nitrogen and oxygen atoms in total. The summed E-state index contributed by atoms with van der Waals surface area (Å²) in [6.45, 7) is 3.77. The third-order valence-electron chi connectivity index (χ3n) is 4.36. The van der Waals surface area contributed by atoms with Gasteiger partial charge < -0.3 is 14.9 Å². The van der Waals surface area contributed by atoms with Gasteiger partial charge >= 0.3 is 0 Å². The van der Waals surface area contributed by atoms with Gasteiger partial charge in [0.2, 0.25) is 0 Å². The number of carbonyl (C=O) groups excluding carboxylic acids is 4. The van der Waals surface area contributed by atoms with Gasteiger partial charge in [-0.25, -0.2) is 0 Å². The molecule has 1 aromatic rings. The largest absolute Gasteiger partial charge is 0.507 e. The first-order valence-electron chi connectivity index (χ1n) is 7.23. The summed E-state index contributed by atoms with van der Waals surface area (Å²) in [6, 6.07) is 0. The fourth-order valence-corrected chi connectivity index (χ4v) is 3.23. The van der Waals surface area contributed by atoms with Crippen LogP contribution >= 0.6 is 0 Å². The van der Waals surface area contributed by atoms with Crippen molar-refractivity contribution in [1.82, 2.24) is 0 Å². The fourth-order valence-electron chi connectivity index (χ4n) is 3.23. The van der Waals surface area contributed by atoms with Crippen LogP contribution < -0.4 is 4.74 Å². The van der Waals surface area contributed by atoms with Crippen LogP contribution in [0, 0.1) is 12.8 Å². The van der Waals surface area contributed by atoms with Crippen molar-refractivity contribution >= 4 is 23.1 Å². The van der Waals surface area contributed by atoms with E-state index in [-0.39, 0.29) is 28.2 Å². The van der Waals surface area contributed by atoms with E-state index >= 15 is 0 Å². The van der Waals surface area contributed by atoms with Crippen molar-refractivity contribution in [3.05, 3.63) is 28.5 Å². The van der Waals surface area contributed by atoms with E-state index < -0.39 is 46.5 Å². The number of fused-ring (bicyclic) bond motifs is 3. The summed E-state index contributed by atoms with van der Waals surface area (Å²) in [5.74, 6) is -6.19. The van der Waals surface area contributed by atoms with Gasteiger partial charge in [0.25, 0.3) is 0 Å². The van der Waals surface area contributed by atoms with E-state index in [4.69, 9.17) is 4.74 Å². The Morgan fingerprint density at radius 3 is 2.29 bits per heavy atom. The first-order valence-corrected chi connectivity index (χ1v) is 7.23. The molecular weight excluding hydrogens is 316 g/mol. The van der Waals surface area contributed by atoms with Crippen LogP contribution in [-0.2, 0) is 14.4 Å². The van der Waals surface area contributed by atoms with Crippen molar-refractivity contribution in [3.63, 3.8) is 0 Å². The molecule has 0 fully saturated rings. The molecule has 2 atom stereocenters. The van der Waals surface area contributed by atoms with E-state index in [0.29, 0.717) is 0 Å². The van der Waals surface area contributed by atoms with Crippen LogP contribution in [-0.4, -0.2) is 33.3 Å². The number of allylic oxidation sites excluding steroid dienone is 2. The Labute approximate surface area is 136 Å². The summed E-state index contributed by atoms with van der Waals surface area (Å²) in [4.78, 5) is 48.0. The van der Waals surface area contributed by atoms with Gasteiger partial charge in [0.05, 0.1) is 5.56 Å². The van der Waals surface area contributed by atoms with Crippen LogP contribution in [0.2, 0.25) is 0 Å². The SMILES string of the molecule is CC(=O)c1c(O)c(C)c2c(c1O)C1C(=O)C(C(C)=O)C(=O)C=C1O2. The Hall–Kier alpha value is -2.96. The van der Waals surface area contributed by atoms with Crippen molar-refractivity contribution < 1.29 is 34.1 Å². The molecule has 0 radical (unpaired) electrons. The first-order chi connectivity index (χ1) is 11.2. The molecule has 1 heterocycles. The maximum Gasteiger partial charge on any atom is 0.177 e. The molecule has 7 heteroatoms. The minimum absolute atomic E-state index is 0.00509. The zero-order chi connectivity index (χ0) is 17.9. The average molecular weight is 330 g/mol. The zero-order valence-corrected chi connectivity index (χ0v) is 13.2. The molecule has 124 valence electrons. The van der Waals surface area contributed by atoms with Gasteiger partial charge in [-0.05, 0) is 20.8 Å². The molecule has 1 aliphatic heterocycles. The number of phenolic OH excluding ortho intramolecular Hbond substituents is 2. The van der Waals surface area contributed by atoms with Crippen LogP contribution in [0.5, 0.6) is 17.2 Å². The van der Waals surface area contributed by atoms with Gasteiger partial charge in [-0.15, -0.1) is 0 Å². The quantitative estimate of drug-likeness (QED) is 0.620. The van der Waals surface area contributed by atoms with Crippen molar-refractivity contribution in [2.24, 2.45) is 5.92 Å². The van der Waals surface area contributed by atoms with Gasteiger partial charge in [-0.3, -0.25) is 19.2 Å². The summed E-state index contributed by atoms with van der Waals surface area (Å²) in [5.41, 5.74) is -0.145. The zero-order valence-electron chi connectivity index (χ0n) is 13.2. The molecule has 2 aliphatic rings. The Morgan fingerprint density at radius 2 is 1.75 bits per heavy atom. The number of carbonyl (C=O) groups is 4.